The molecule has 2 rings (SSSR count). The quantitative estimate of drug-likeness (QED) is 0.347. The van der Waals surface area contributed by atoms with Crippen molar-refractivity contribution in [3.8, 4) is 0 Å². The standard InChI is InChI=1S/C12H20N4O3S/c13-16-11-3-1-6-14-12(11)20(17,18)15-7-2-8-19-9-10-4-5-10/h1,3,6,10,15-16H,2,4-5,7-9,13H2. The van der Waals surface area contributed by atoms with Crippen LogP contribution in [0, 0.1) is 5.92 Å². The van der Waals surface area contributed by atoms with Crippen molar-refractivity contribution in [1.82, 2.24) is 9.71 Å². The van der Waals surface area contributed by atoms with Crippen molar-refractivity contribution in [2.75, 3.05) is 25.2 Å². The SMILES string of the molecule is NNc1cccnc1S(=O)(=O)NCCCOCC1CC1. The summed E-state index contributed by atoms with van der Waals surface area (Å²) in [6, 6.07) is 3.17. The molecule has 1 aliphatic rings. The average molecular weight is 300 g/mol. The lowest BCUT2D eigenvalue weighted by atomic mass is 10.4. The van der Waals surface area contributed by atoms with Gasteiger partial charge in [0.15, 0.2) is 5.03 Å². The minimum absolute atomic E-state index is 0.0959. The summed E-state index contributed by atoms with van der Waals surface area (Å²) in [5.74, 6) is 5.99. The predicted molar refractivity (Wildman–Crippen MR) is 75.4 cm³/mol. The van der Waals surface area contributed by atoms with E-state index >= 15 is 0 Å². The van der Waals surface area contributed by atoms with E-state index in [0.29, 0.717) is 19.6 Å². The molecular weight excluding hydrogens is 280 g/mol. The highest BCUT2D eigenvalue weighted by Crippen LogP contribution is 2.28. The van der Waals surface area contributed by atoms with Crippen LogP contribution in [-0.4, -0.2) is 33.2 Å². The van der Waals surface area contributed by atoms with Crippen LogP contribution in [0.1, 0.15) is 19.3 Å². The third-order valence-corrected chi connectivity index (χ3v) is 4.41. The number of aromatic nitrogens is 1. The van der Waals surface area contributed by atoms with Crippen LogP contribution in [0.15, 0.2) is 23.4 Å². The number of nitrogens with two attached hydrogens (primary N) is 1. The molecule has 1 aromatic rings. The molecule has 0 unspecified atom stereocenters. The predicted octanol–water partition coefficient (Wildman–Crippen LogP) is 0.462. The number of nitrogen functional groups attached to an aromatic ring is 1. The van der Waals surface area contributed by atoms with Gasteiger partial charge in [-0.15, -0.1) is 0 Å². The van der Waals surface area contributed by atoms with Crippen molar-refractivity contribution in [2.24, 2.45) is 11.8 Å². The van der Waals surface area contributed by atoms with Crippen LogP contribution in [0.25, 0.3) is 0 Å². The molecule has 112 valence electrons. The Labute approximate surface area is 118 Å². The van der Waals surface area contributed by atoms with Gasteiger partial charge in [0, 0.05) is 26.0 Å². The lowest BCUT2D eigenvalue weighted by molar-refractivity contribution is 0.123. The van der Waals surface area contributed by atoms with Gasteiger partial charge in [-0.3, -0.25) is 5.84 Å². The Balaban J connectivity index is 1.77. The molecule has 1 aliphatic carbocycles. The van der Waals surface area contributed by atoms with Crippen molar-refractivity contribution < 1.29 is 13.2 Å². The number of rotatable bonds is 9. The Kier molecular flexibility index (Phi) is 5.30. The highest BCUT2D eigenvalue weighted by molar-refractivity contribution is 7.89. The van der Waals surface area contributed by atoms with Gasteiger partial charge in [0.05, 0.1) is 5.69 Å². The second-order valence-electron chi connectivity index (χ2n) is 4.77. The molecule has 0 bridgehead atoms. The van der Waals surface area contributed by atoms with Crippen molar-refractivity contribution in [2.45, 2.75) is 24.3 Å². The molecule has 0 saturated heterocycles. The molecule has 7 nitrogen and oxygen atoms in total. The molecule has 0 aliphatic heterocycles. The van der Waals surface area contributed by atoms with E-state index in [-0.39, 0.29) is 10.7 Å². The first kappa shape index (κ1) is 15.2. The highest BCUT2D eigenvalue weighted by atomic mass is 32.2. The lowest BCUT2D eigenvalue weighted by Gasteiger charge is -2.09. The molecule has 0 spiro atoms. The molecule has 0 atom stereocenters. The third kappa shape index (κ3) is 4.41. The Morgan fingerprint density at radius 1 is 1.45 bits per heavy atom. The van der Waals surface area contributed by atoms with Crippen molar-refractivity contribution in [3.05, 3.63) is 18.3 Å². The Morgan fingerprint density at radius 2 is 2.25 bits per heavy atom. The second-order valence-corrected chi connectivity index (χ2v) is 6.45. The zero-order valence-electron chi connectivity index (χ0n) is 11.2. The molecule has 0 radical (unpaired) electrons. The van der Waals surface area contributed by atoms with Gasteiger partial charge in [-0.25, -0.2) is 18.1 Å². The summed E-state index contributed by atoms with van der Waals surface area (Å²) in [6.45, 7) is 1.66. The van der Waals surface area contributed by atoms with E-state index in [1.54, 1.807) is 12.1 Å². The molecule has 0 aromatic carbocycles. The van der Waals surface area contributed by atoms with E-state index in [4.69, 9.17) is 10.6 Å². The van der Waals surface area contributed by atoms with Crippen molar-refractivity contribution >= 4 is 15.7 Å². The average Bonchev–Trinajstić information content (AvgIpc) is 3.26. The zero-order chi connectivity index (χ0) is 14.4. The summed E-state index contributed by atoms with van der Waals surface area (Å²) in [5.41, 5.74) is 2.59. The minimum Gasteiger partial charge on any atom is -0.381 e. The number of hydrogen-bond donors (Lipinski definition) is 3. The van der Waals surface area contributed by atoms with Crippen LogP contribution in [-0.2, 0) is 14.8 Å². The first-order valence-corrected chi connectivity index (χ1v) is 8.11. The zero-order valence-corrected chi connectivity index (χ0v) is 12.0. The topological polar surface area (TPSA) is 106 Å². The van der Waals surface area contributed by atoms with Crippen molar-refractivity contribution in [3.63, 3.8) is 0 Å². The maximum atomic E-state index is 12.1. The normalized spacial score (nSPS) is 15.2. The van der Waals surface area contributed by atoms with E-state index in [2.05, 4.69) is 15.1 Å². The van der Waals surface area contributed by atoms with Crippen LogP contribution in [0.4, 0.5) is 5.69 Å². The van der Waals surface area contributed by atoms with E-state index in [1.807, 2.05) is 0 Å². The van der Waals surface area contributed by atoms with Gasteiger partial charge in [0.25, 0.3) is 10.0 Å². The highest BCUT2D eigenvalue weighted by Gasteiger charge is 2.21. The third-order valence-electron chi connectivity index (χ3n) is 2.99. The van der Waals surface area contributed by atoms with Crippen molar-refractivity contribution in [1.29, 1.82) is 0 Å². The van der Waals surface area contributed by atoms with Gasteiger partial charge in [0.1, 0.15) is 0 Å². The number of nitrogens with zero attached hydrogens (tertiary/aromatic N) is 1. The number of pyridine rings is 1. The Bertz CT molecular complexity index is 531. The molecule has 1 aromatic heterocycles. The fourth-order valence-corrected chi connectivity index (χ4v) is 2.86. The van der Waals surface area contributed by atoms with E-state index in [1.165, 1.54) is 19.0 Å². The Morgan fingerprint density at radius 3 is 2.95 bits per heavy atom. The molecule has 1 fully saturated rings. The number of hydrazine groups is 1. The number of hydrogen-bond acceptors (Lipinski definition) is 6. The number of nitrogens with one attached hydrogen (secondary N) is 2. The maximum Gasteiger partial charge on any atom is 0.260 e. The monoisotopic (exact) mass is 300 g/mol. The number of sulfonamides is 1. The molecular formula is C12H20N4O3S. The van der Waals surface area contributed by atoms with E-state index < -0.39 is 10.0 Å². The van der Waals surface area contributed by atoms with Gasteiger partial charge in [0.2, 0.25) is 0 Å². The first-order chi connectivity index (χ1) is 9.63. The number of anilines is 1. The number of ether oxygens (including phenoxy) is 1. The molecule has 4 N–H and O–H groups in total. The molecule has 1 saturated carbocycles. The maximum absolute atomic E-state index is 12.1. The summed E-state index contributed by atoms with van der Waals surface area (Å²) in [7, 11) is -3.65. The van der Waals surface area contributed by atoms with Gasteiger partial charge >= 0.3 is 0 Å². The van der Waals surface area contributed by atoms with E-state index in [0.717, 1.165) is 12.5 Å². The van der Waals surface area contributed by atoms with Gasteiger partial charge < -0.3 is 10.2 Å². The summed E-state index contributed by atoms with van der Waals surface area (Å²) >= 11 is 0. The summed E-state index contributed by atoms with van der Waals surface area (Å²) < 4.78 is 32.0. The molecule has 8 heteroatoms. The lowest BCUT2D eigenvalue weighted by Crippen LogP contribution is -2.28. The van der Waals surface area contributed by atoms with Gasteiger partial charge in [-0.1, -0.05) is 0 Å². The smallest absolute Gasteiger partial charge is 0.260 e. The van der Waals surface area contributed by atoms with Crippen LogP contribution < -0.4 is 16.0 Å². The van der Waals surface area contributed by atoms with Gasteiger partial charge in [-0.2, -0.15) is 0 Å². The van der Waals surface area contributed by atoms with E-state index in [9.17, 15) is 8.42 Å². The van der Waals surface area contributed by atoms with Gasteiger partial charge in [-0.05, 0) is 37.3 Å². The fourth-order valence-electron chi connectivity index (χ4n) is 1.70. The second kappa shape index (κ2) is 6.98. The van der Waals surface area contributed by atoms with Crippen LogP contribution in [0.2, 0.25) is 0 Å². The fraction of sp³-hybridized carbons (Fsp3) is 0.583. The van der Waals surface area contributed by atoms with Crippen LogP contribution in [0.3, 0.4) is 0 Å². The van der Waals surface area contributed by atoms with Crippen LogP contribution in [0.5, 0.6) is 0 Å². The largest absolute Gasteiger partial charge is 0.381 e. The molecule has 1 heterocycles. The minimum atomic E-state index is -3.65. The molecule has 0 amide bonds. The summed E-state index contributed by atoms with van der Waals surface area (Å²) in [4.78, 5) is 3.84. The Hall–Kier alpha value is -1.22. The molecule has 20 heavy (non-hydrogen) atoms. The summed E-state index contributed by atoms with van der Waals surface area (Å²) in [6.07, 6.45) is 4.54. The first-order valence-electron chi connectivity index (χ1n) is 6.62. The summed E-state index contributed by atoms with van der Waals surface area (Å²) in [5, 5.41) is -0.0959. The van der Waals surface area contributed by atoms with Crippen LogP contribution >= 0.6 is 0 Å².